The van der Waals surface area contributed by atoms with Crippen LogP contribution in [0.15, 0.2) is 0 Å². The number of carbonyl (C=O) groups is 2. The molecular weight excluding hydrogens is 384 g/mol. The third-order valence-electron chi connectivity index (χ3n) is 4.98. The number of hydrogen-bond acceptors (Lipinski definition) is 6. The minimum atomic E-state index is -4.86. The van der Waals surface area contributed by atoms with Gasteiger partial charge in [-0.1, -0.05) is 66.2 Å². The van der Waals surface area contributed by atoms with Gasteiger partial charge < -0.3 is 9.47 Å². The Kier molecular flexibility index (Phi) is 14.4. The molecule has 0 radical (unpaired) electrons. The van der Waals surface area contributed by atoms with Crippen molar-refractivity contribution in [2.45, 2.75) is 91.6 Å². The highest BCUT2D eigenvalue weighted by Gasteiger charge is 2.31. The van der Waals surface area contributed by atoms with Crippen LogP contribution in [-0.4, -0.2) is 43.4 Å². The van der Waals surface area contributed by atoms with E-state index in [0.717, 1.165) is 51.4 Å². The Morgan fingerprint density at radius 3 is 1.82 bits per heavy atom. The van der Waals surface area contributed by atoms with Crippen LogP contribution in [0.2, 0.25) is 0 Å². The Labute approximate surface area is 170 Å². The lowest BCUT2D eigenvalue weighted by Gasteiger charge is -2.21. The lowest BCUT2D eigenvalue weighted by atomic mass is 10.0. The van der Waals surface area contributed by atoms with E-state index in [2.05, 4.69) is 13.8 Å². The molecule has 0 aliphatic carbocycles. The monoisotopic (exact) mass is 422 g/mol. The Bertz CT molecular complexity index is 545. The van der Waals surface area contributed by atoms with Crippen molar-refractivity contribution in [2.24, 2.45) is 11.8 Å². The van der Waals surface area contributed by atoms with Crippen LogP contribution >= 0.6 is 0 Å². The highest BCUT2D eigenvalue weighted by Crippen LogP contribution is 2.17. The molecule has 0 aromatic rings. The van der Waals surface area contributed by atoms with Gasteiger partial charge >= 0.3 is 16.1 Å². The summed E-state index contributed by atoms with van der Waals surface area (Å²) in [5, 5.41) is -1.44. The number of ether oxygens (including phenoxy) is 2. The molecule has 3 unspecified atom stereocenters. The second kappa shape index (κ2) is 14.9. The summed E-state index contributed by atoms with van der Waals surface area (Å²) in [4.78, 5) is 24.1. The van der Waals surface area contributed by atoms with Gasteiger partial charge in [-0.2, -0.15) is 8.42 Å². The van der Waals surface area contributed by atoms with Gasteiger partial charge in [0.2, 0.25) is 0 Å². The fraction of sp³-hybridized carbons (Fsp3) is 0.900. The molecule has 0 aliphatic heterocycles. The molecule has 0 bridgehead atoms. The van der Waals surface area contributed by atoms with Gasteiger partial charge in [0.05, 0.1) is 19.6 Å². The van der Waals surface area contributed by atoms with E-state index in [1.807, 2.05) is 13.8 Å². The topological polar surface area (TPSA) is 107 Å². The first kappa shape index (κ1) is 27.0. The van der Waals surface area contributed by atoms with Gasteiger partial charge in [-0.25, -0.2) is 4.79 Å². The maximum absolute atomic E-state index is 12.4. The maximum Gasteiger partial charge on any atom is 0.335 e. The molecule has 7 nitrogen and oxygen atoms in total. The van der Waals surface area contributed by atoms with Crippen LogP contribution in [0.5, 0.6) is 0 Å². The Hall–Kier alpha value is -0.990. The average molecular weight is 423 g/mol. The minimum Gasteiger partial charge on any atom is -0.463 e. The summed E-state index contributed by atoms with van der Waals surface area (Å²) in [6, 6.07) is 0. The summed E-state index contributed by atoms with van der Waals surface area (Å²) < 4.78 is 42.0. The zero-order valence-corrected chi connectivity index (χ0v) is 18.6. The van der Waals surface area contributed by atoms with Crippen molar-refractivity contribution in [1.29, 1.82) is 0 Å². The van der Waals surface area contributed by atoms with Gasteiger partial charge in [0.15, 0.2) is 6.10 Å². The number of esters is 1. The standard InChI is InChI=1S/C20H38O7S/c1-5-9-11-16(7-3)14-26-18(13-19(21)28(23,24)25)20(22)27-15-17(8-4)12-10-6-2/h16-18H,5-15H2,1-4H3,(H,23,24,25). The van der Waals surface area contributed by atoms with Crippen LogP contribution in [0, 0.1) is 11.8 Å². The quantitative estimate of drug-likeness (QED) is 0.294. The second-order valence-corrected chi connectivity index (χ2v) is 8.74. The molecule has 0 aromatic heterocycles. The molecule has 0 heterocycles. The van der Waals surface area contributed by atoms with Crippen LogP contribution in [0.1, 0.15) is 85.5 Å². The van der Waals surface area contributed by atoms with E-state index in [0.29, 0.717) is 0 Å². The van der Waals surface area contributed by atoms with Gasteiger partial charge in [-0.3, -0.25) is 9.35 Å². The summed E-state index contributed by atoms with van der Waals surface area (Å²) in [7, 11) is -4.86. The molecule has 0 saturated heterocycles. The van der Waals surface area contributed by atoms with Crippen LogP contribution in [0.4, 0.5) is 0 Å². The zero-order valence-electron chi connectivity index (χ0n) is 17.8. The van der Waals surface area contributed by atoms with Crippen molar-refractivity contribution in [1.82, 2.24) is 0 Å². The molecule has 0 amide bonds. The number of carbonyl (C=O) groups excluding carboxylic acids is 2. The van der Waals surface area contributed by atoms with Gasteiger partial charge in [-0.15, -0.1) is 0 Å². The predicted molar refractivity (Wildman–Crippen MR) is 108 cm³/mol. The maximum atomic E-state index is 12.4. The lowest BCUT2D eigenvalue weighted by molar-refractivity contribution is -0.161. The first-order valence-corrected chi connectivity index (χ1v) is 11.9. The zero-order chi connectivity index (χ0) is 21.6. The summed E-state index contributed by atoms with van der Waals surface area (Å²) >= 11 is 0. The summed E-state index contributed by atoms with van der Waals surface area (Å²) in [5.74, 6) is -0.323. The fourth-order valence-corrected chi connectivity index (χ4v) is 3.17. The first-order valence-electron chi connectivity index (χ1n) is 10.5. The predicted octanol–water partition coefficient (Wildman–Crippen LogP) is 4.15. The molecular formula is C20H38O7S. The Morgan fingerprint density at radius 1 is 0.893 bits per heavy atom. The molecule has 28 heavy (non-hydrogen) atoms. The lowest BCUT2D eigenvalue weighted by Crippen LogP contribution is -2.34. The van der Waals surface area contributed by atoms with E-state index in [1.165, 1.54) is 0 Å². The van der Waals surface area contributed by atoms with Crippen LogP contribution < -0.4 is 0 Å². The smallest absolute Gasteiger partial charge is 0.335 e. The number of rotatable bonds is 16. The average Bonchev–Trinajstić information content (AvgIpc) is 2.66. The second-order valence-electron chi connectivity index (χ2n) is 7.34. The van der Waals surface area contributed by atoms with Gasteiger partial charge in [-0.05, 0) is 24.7 Å². The molecule has 0 spiro atoms. The summed E-state index contributed by atoms with van der Waals surface area (Å²) in [6.07, 6.45) is 5.65. The molecule has 0 rings (SSSR count). The Balaban J connectivity index is 4.94. The van der Waals surface area contributed by atoms with Crippen molar-refractivity contribution in [2.75, 3.05) is 13.2 Å². The molecule has 166 valence electrons. The third-order valence-corrected chi connectivity index (χ3v) is 5.73. The SMILES string of the molecule is CCCCC(CC)COC(=O)C(CC(=O)S(=O)(=O)O)OCC(CC)CCCC. The summed E-state index contributed by atoms with van der Waals surface area (Å²) in [6.45, 7) is 8.65. The van der Waals surface area contributed by atoms with Crippen molar-refractivity contribution < 1.29 is 32.0 Å². The molecule has 0 fully saturated rings. The molecule has 3 atom stereocenters. The summed E-state index contributed by atoms with van der Waals surface area (Å²) in [5.41, 5.74) is 0. The molecule has 8 heteroatoms. The van der Waals surface area contributed by atoms with E-state index in [9.17, 15) is 18.0 Å². The molecule has 0 saturated carbocycles. The van der Waals surface area contributed by atoms with Gasteiger partial charge in [0.25, 0.3) is 5.12 Å². The molecule has 0 aromatic carbocycles. The minimum absolute atomic E-state index is 0.211. The van der Waals surface area contributed by atoms with E-state index in [4.69, 9.17) is 14.0 Å². The van der Waals surface area contributed by atoms with Crippen molar-refractivity contribution >= 4 is 21.2 Å². The number of unbranched alkanes of at least 4 members (excludes halogenated alkanes) is 2. The third kappa shape index (κ3) is 11.8. The van der Waals surface area contributed by atoms with Crippen LogP contribution in [0.3, 0.4) is 0 Å². The fourth-order valence-electron chi connectivity index (χ4n) is 2.81. The van der Waals surface area contributed by atoms with Crippen molar-refractivity contribution in [3.63, 3.8) is 0 Å². The normalized spacial score (nSPS) is 15.0. The molecule has 0 aliphatic rings. The van der Waals surface area contributed by atoms with Gasteiger partial charge in [0.1, 0.15) is 0 Å². The van der Waals surface area contributed by atoms with E-state index in [-0.39, 0.29) is 25.0 Å². The van der Waals surface area contributed by atoms with E-state index in [1.54, 1.807) is 0 Å². The molecule has 1 N–H and O–H groups in total. The highest BCUT2D eigenvalue weighted by molar-refractivity contribution is 8.01. The largest absolute Gasteiger partial charge is 0.463 e. The van der Waals surface area contributed by atoms with Crippen molar-refractivity contribution in [3.8, 4) is 0 Å². The van der Waals surface area contributed by atoms with Crippen LogP contribution in [-0.2, 0) is 29.2 Å². The van der Waals surface area contributed by atoms with Crippen LogP contribution in [0.25, 0.3) is 0 Å². The first-order chi connectivity index (χ1) is 13.2. The highest BCUT2D eigenvalue weighted by atomic mass is 32.2. The van der Waals surface area contributed by atoms with E-state index >= 15 is 0 Å². The van der Waals surface area contributed by atoms with Crippen molar-refractivity contribution in [3.05, 3.63) is 0 Å². The Morgan fingerprint density at radius 2 is 1.39 bits per heavy atom. The number of hydrogen-bond donors (Lipinski definition) is 1. The van der Waals surface area contributed by atoms with E-state index < -0.39 is 33.7 Å². The van der Waals surface area contributed by atoms with Gasteiger partial charge in [0, 0.05) is 0 Å².